The van der Waals surface area contributed by atoms with Crippen LogP contribution in [0.4, 0.5) is 0 Å². The number of ether oxygens (including phenoxy) is 1. The van der Waals surface area contributed by atoms with Crippen molar-refractivity contribution in [2.24, 2.45) is 0 Å². The lowest BCUT2D eigenvalue weighted by Gasteiger charge is -2.16. The number of hydrogen-bond acceptors (Lipinski definition) is 6. The second-order valence-electron chi connectivity index (χ2n) is 4.19. The van der Waals surface area contributed by atoms with Gasteiger partial charge in [-0.15, -0.1) is 0 Å². The summed E-state index contributed by atoms with van der Waals surface area (Å²) < 4.78 is 9.93. The quantitative estimate of drug-likeness (QED) is 0.694. The van der Waals surface area contributed by atoms with E-state index in [1.54, 1.807) is 7.11 Å². The third-order valence-electron chi connectivity index (χ3n) is 2.83. The second kappa shape index (κ2) is 8.18. The van der Waals surface area contributed by atoms with Gasteiger partial charge in [0.25, 0.3) is 0 Å². The Kier molecular flexibility index (Phi) is 6.85. The standard InChI is InChI=1S/C12H23N3O3/c1-4-15(5-2)7-6-11-13-12(18-14-11)8-10(16)9-17-3/h10,16H,4-9H2,1-3H3. The molecule has 1 aromatic rings. The Morgan fingerprint density at radius 3 is 2.72 bits per heavy atom. The van der Waals surface area contributed by atoms with Gasteiger partial charge < -0.3 is 19.3 Å². The highest BCUT2D eigenvalue weighted by atomic mass is 16.5. The molecule has 0 spiro atoms. The summed E-state index contributed by atoms with van der Waals surface area (Å²) in [5.41, 5.74) is 0. The average molecular weight is 257 g/mol. The topological polar surface area (TPSA) is 71.6 Å². The smallest absolute Gasteiger partial charge is 0.229 e. The number of hydrogen-bond donors (Lipinski definition) is 1. The molecule has 1 unspecified atom stereocenters. The maximum atomic E-state index is 9.55. The van der Waals surface area contributed by atoms with Crippen LogP contribution in [0.1, 0.15) is 25.6 Å². The predicted molar refractivity (Wildman–Crippen MR) is 67.4 cm³/mol. The van der Waals surface area contributed by atoms with E-state index in [1.165, 1.54) is 0 Å². The Morgan fingerprint density at radius 1 is 1.39 bits per heavy atom. The Bertz CT molecular complexity index is 326. The Balaban J connectivity index is 2.38. The molecule has 0 aliphatic heterocycles. The number of rotatable bonds is 9. The largest absolute Gasteiger partial charge is 0.390 e. The van der Waals surface area contributed by atoms with Crippen molar-refractivity contribution in [1.82, 2.24) is 15.0 Å². The van der Waals surface area contributed by atoms with Gasteiger partial charge in [0.15, 0.2) is 5.82 Å². The van der Waals surface area contributed by atoms with E-state index >= 15 is 0 Å². The first-order chi connectivity index (χ1) is 8.69. The second-order valence-corrected chi connectivity index (χ2v) is 4.19. The van der Waals surface area contributed by atoms with Crippen LogP contribution in [0.25, 0.3) is 0 Å². The van der Waals surface area contributed by atoms with Gasteiger partial charge >= 0.3 is 0 Å². The normalized spacial score (nSPS) is 13.2. The molecule has 0 radical (unpaired) electrons. The molecule has 6 nitrogen and oxygen atoms in total. The number of methoxy groups -OCH3 is 1. The van der Waals surface area contributed by atoms with E-state index in [2.05, 4.69) is 28.9 Å². The molecular formula is C12H23N3O3. The first-order valence-corrected chi connectivity index (χ1v) is 6.40. The van der Waals surface area contributed by atoms with Crippen LogP contribution in [0.15, 0.2) is 4.52 Å². The molecule has 0 saturated carbocycles. The Hall–Kier alpha value is -0.980. The zero-order valence-corrected chi connectivity index (χ0v) is 11.4. The summed E-state index contributed by atoms with van der Waals surface area (Å²) in [5, 5.41) is 13.5. The molecule has 1 rings (SSSR count). The fourth-order valence-electron chi connectivity index (χ4n) is 1.73. The van der Waals surface area contributed by atoms with Gasteiger partial charge in [-0.2, -0.15) is 4.98 Å². The Morgan fingerprint density at radius 2 is 2.11 bits per heavy atom. The van der Waals surface area contributed by atoms with Crippen molar-refractivity contribution < 1.29 is 14.4 Å². The maximum Gasteiger partial charge on any atom is 0.229 e. The van der Waals surface area contributed by atoms with Gasteiger partial charge in [0.1, 0.15) is 0 Å². The minimum atomic E-state index is -0.592. The number of aliphatic hydroxyl groups excluding tert-OH is 1. The third kappa shape index (κ3) is 5.12. The van der Waals surface area contributed by atoms with E-state index in [0.717, 1.165) is 26.1 Å². The molecule has 0 aliphatic carbocycles. The molecule has 18 heavy (non-hydrogen) atoms. The number of aromatic nitrogens is 2. The van der Waals surface area contributed by atoms with Crippen molar-refractivity contribution in [3.8, 4) is 0 Å². The predicted octanol–water partition coefficient (Wildman–Crippen LogP) is 0.504. The minimum Gasteiger partial charge on any atom is -0.390 e. The minimum absolute atomic E-state index is 0.275. The van der Waals surface area contributed by atoms with Crippen LogP contribution in [-0.2, 0) is 17.6 Å². The zero-order valence-electron chi connectivity index (χ0n) is 11.4. The summed E-state index contributed by atoms with van der Waals surface area (Å²) in [6, 6.07) is 0. The van der Waals surface area contributed by atoms with Crippen molar-refractivity contribution in [1.29, 1.82) is 0 Å². The summed E-state index contributed by atoms with van der Waals surface area (Å²) in [7, 11) is 1.55. The van der Waals surface area contributed by atoms with E-state index < -0.39 is 6.10 Å². The summed E-state index contributed by atoms with van der Waals surface area (Å²) in [4.78, 5) is 6.55. The molecule has 0 amide bonds. The van der Waals surface area contributed by atoms with Crippen molar-refractivity contribution in [2.75, 3.05) is 33.4 Å². The zero-order chi connectivity index (χ0) is 13.4. The van der Waals surface area contributed by atoms with Gasteiger partial charge in [-0.05, 0) is 13.1 Å². The van der Waals surface area contributed by atoms with Gasteiger partial charge in [-0.3, -0.25) is 0 Å². The van der Waals surface area contributed by atoms with Crippen LogP contribution >= 0.6 is 0 Å². The summed E-state index contributed by atoms with van der Waals surface area (Å²) in [6.45, 7) is 7.50. The lowest BCUT2D eigenvalue weighted by molar-refractivity contribution is 0.0599. The molecule has 0 bridgehead atoms. The number of aliphatic hydroxyl groups is 1. The first kappa shape index (κ1) is 15.1. The maximum absolute atomic E-state index is 9.55. The molecule has 0 aromatic carbocycles. The van der Waals surface area contributed by atoms with Crippen molar-refractivity contribution >= 4 is 0 Å². The first-order valence-electron chi connectivity index (χ1n) is 6.40. The Labute approximate surface area is 108 Å². The molecule has 1 N–H and O–H groups in total. The number of likely N-dealkylation sites (N-methyl/N-ethyl adjacent to an activating group) is 1. The van der Waals surface area contributed by atoms with E-state index in [9.17, 15) is 5.11 Å². The number of nitrogens with zero attached hydrogens (tertiary/aromatic N) is 3. The van der Waals surface area contributed by atoms with Gasteiger partial charge in [0, 0.05) is 20.1 Å². The highest BCUT2D eigenvalue weighted by molar-refractivity contribution is 4.89. The fraction of sp³-hybridized carbons (Fsp3) is 0.833. The molecule has 0 aliphatic rings. The van der Waals surface area contributed by atoms with Gasteiger partial charge in [0.05, 0.1) is 19.1 Å². The van der Waals surface area contributed by atoms with Crippen LogP contribution in [0.5, 0.6) is 0 Å². The molecule has 1 heterocycles. The molecular weight excluding hydrogens is 234 g/mol. The molecule has 104 valence electrons. The molecule has 1 aromatic heterocycles. The van der Waals surface area contributed by atoms with Gasteiger partial charge in [-0.1, -0.05) is 19.0 Å². The van der Waals surface area contributed by atoms with Crippen LogP contribution in [0.3, 0.4) is 0 Å². The van der Waals surface area contributed by atoms with E-state index in [4.69, 9.17) is 9.26 Å². The lowest BCUT2D eigenvalue weighted by Crippen LogP contribution is -2.25. The van der Waals surface area contributed by atoms with Crippen molar-refractivity contribution in [2.45, 2.75) is 32.8 Å². The van der Waals surface area contributed by atoms with E-state index in [1.807, 2.05) is 0 Å². The molecule has 1 atom stereocenters. The van der Waals surface area contributed by atoms with Crippen molar-refractivity contribution in [3.05, 3.63) is 11.7 Å². The summed E-state index contributed by atoms with van der Waals surface area (Å²) in [5.74, 6) is 1.16. The summed E-state index contributed by atoms with van der Waals surface area (Å²) >= 11 is 0. The van der Waals surface area contributed by atoms with Gasteiger partial charge in [0.2, 0.25) is 5.89 Å². The SMILES string of the molecule is CCN(CC)CCc1noc(CC(O)COC)n1. The molecule has 6 heteroatoms. The highest BCUT2D eigenvalue weighted by Crippen LogP contribution is 2.03. The third-order valence-corrected chi connectivity index (χ3v) is 2.83. The van der Waals surface area contributed by atoms with Crippen LogP contribution < -0.4 is 0 Å². The van der Waals surface area contributed by atoms with Crippen LogP contribution in [0.2, 0.25) is 0 Å². The lowest BCUT2D eigenvalue weighted by atomic mass is 10.2. The van der Waals surface area contributed by atoms with E-state index in [-0.39, 0.29) is 6.61 Å². The summed E-state index contributed by atoms with van der Waals surface area (Å²) in [6.07, 6.45) is 0.517. The molecule has 0 fully saturated rings. The van der Waals surface area contributed by atoms with Crippen LogP contribution in [-0.4, -0.2) is 59.6 Å². The van der Waals surface area contributed by atoms with Gasteiger partial charge in [-0.25, -0.2) is 0 Å². The highest BCUT2D eigenvalue weighted by Gasteiger charge is 2.12. The van der Waals surface area contributed by atoms with Crippen molar-refractivity contribution in [3.63, 3.8) is 0 Å². The molecule has 0 saturated heterocycles. The van der Waals surface area contributed by atoms with E-state index in [0.29, 0.717) is 18.1 Å². The van der Waals surface area contributed by atoms with Crippen LogP contribution in [0, 0.1) is 0 Å². The fourth-order valence-corrected chi connectivity index (χ4v) is 1.73. The average Bonchev–Trinajstić information content (AvgIpc) is 2.78. The monoisotopic (exact) mass is 257 g/mol.